The maximum atomic E-state index is 2.49. The van der Waals surface area contributed by atoms with Crippen LogP contribution in [-0.4, -0.2) is 3.21 Å². The molecule has 0 N–H and O–H groups in total. The standard InChI is InChI=1S/C15H13.C13H10.C7H9.2ClH.Zr/c1-10-3-5-14-12(7-10)9-13-8-11(2)4-6-15(13)14;1-3-7-12(8-4-1)11-13-9-5-2-6-10-13;1-6-3-4-7(2)5-6;;;/h3-9H,1-2H3;1-10H;3-4,6H,1-2H3;2*1H;/q;;;;;+2/p-2. The molecule has 4 aromatic carbocycles. The first kappa shape index (κ1) is 28.7. The summed E-state index contributed by atoms with van der Waals surface area (Å²) in [6.45, 7) is 9.27. The van der Waals surface area contributed by atoms with Gasteiger partial charge >= 0.3 is 224 Å². The number of halogens is 2. The van der Waals surface area contributed by atoms with Crippen LogP contribution in [0.15, 0.2) is 118 Å². The zero-order chi connectivity index (χ0) is 24.8. The van der Waals surface area contributed by atoms with E-state index in [2.05, 4.69) is 137 Å². The normalized spacial score (nSPS) is 15.2. The average Bonchev–Trinajstić information content (AvgIpc) is 3.38. The van der Waals surface area contributed by atoms with Gasteiger partial charge in [0.25, 0.3) is 0 Å². The largest absolute Gasteiger partial charge is 1.00 e. The van der Waals surface area contributed by atoms with Gasteiger partial charge in [-0.1, -0.05) is 0 Å². The van der Waals surface area contributed by atoms with Gasteiger partial charge in [-0.15, -0.1) is 0 Å². The summed E-state index contributed by atoms with van der Waals surface area (Å²) in [5.74, 6) is 0.490. The number of fused-ring (bicyclic) bond motifs is 3. The summed E-state index contributed by atoms with van der Waals surface area (Å²) in [6, 6.07) is 36.8. The second kappa shape index (κ2) is 11.8. The van der Waals surface area contributed by atoms with Crippen LogP contribution in [0, 0.1) is 19.8 Å². The van der Waals surface area contributed by atoms with Gasteiger partial charge in [-0.3, -0.25) is 0 Å². The summed E-state index contributed by atoms with van der Waals surface area (Å²) in [5, 5.41) is 0. The molecule has 1 atom stereocenters. The Morgan fingerprint density at radius 2 is 1.11 bits per heavy atom. The van der Waals surface area contributed by atoms with Crippen molar-refractivity contribution >= 4 is 3.21 Å². The topological polar surface area (TPSA) is 0 Å². The SMILES string of the molecule is CC1=[C]([Zr+2](=[C](c2ccccc2)c2ccccc2)[CH]2c3cc(C)ccc3-c3ccc(C)cc32)C(C)C=C1.[Cl-].[Cl-]. The first-order valence-corrected chi connectivity index (χ1v) is 16.9. The van der Waals surface area contributed by atoms with Crippen LogP contribution >= 0.6 is 0 Å². The molecule has 0 aliphatic heterocycles. The minimum atomic E-state index is -2.65. The van der Waals surface area contributed by atoms with Gasteiger partial charge in [0.05, 0.1) is 0 Å². The molecule has 2 aliphatic rings. The number of aryl methyl sites for hydroxylation is 2. The van der Waals surface area contributed by atoms with Crippen LogP contribution in [-0.2, 0) is 21.3 Å². The Balaban J connectivity index is 0.00000168. The molecule has 0 nitrogen and oxygen atoms in total. The first-order valence-electron chi connectivity index (χ1n) is 13.0. The van der Waals surface area contributed by atoms with Crippen molar-refractivity contribution in [1.82, 2.24) is 0 Å². The third-order valence-corrected chi connectivity index (χ3v) is 17.0. The van der Waals surface area contributed by atoms with E-state index in [0.717, 1.165) is 0 Å². The molecule has 0 bridgehead atoms. The summed E-state index contributed by atoms with van der Waals surface area (Å²) in [7, 11) is 0. The number of allylic oxidation sites excluding steroid dienone is 4. The molecule has 0 saturated carbocycles. The Hall–Kier alpha value is -2.31. The monoisotopic (exact) mass is 612 g/mol. The van der Waals surface area contributed by atoms with E-state index in [4.69, 9.17) is 0 Å². The average molecular weight is 615 g/mol. The van der Waals surface area contributed by atoms with E-state index in [1.807, 2.05) is 0 Å². The Labute approximate surface area is 247 Å². The van der Waals surface area contributed by atoms with Crippen LogP contribution in [0.4, 0.5) is 0 Å². The molecule has 0 radical (unpaired) electrons. The minimum Gasteiger partial charge on any atom is -1.00 e. The van der Waals surface area contributed by atoms with Gasteiger partial charge < -0.3 is 24.8 Å². The Bertz CT molecular complexity index is 1470. The fourth-order valence-corrected chi connectivity index (χ4v) is 16.1. The van der Waals surface area contributed by atoms with E-state index in [1.54, 1.807) is 17.6 Å². The molecule has 1 unspecified atom stereocenters. The van der Waals surface area contributed by atoms with Gasteiger partial charge in [-0.05, 0) is 0 Å². The van der Waals surface area contributed by atoms with Gasteiger partial charge in [-0.25, -0.2) is 0 Å². The first-order chi connectivity index (χ1) is 17.5. The molecule has 190 valence electrons. The quantitative estimate of drug-likeness (QED) is 0.332. The molecule has 0 aromatic heterocycles. The number of rotatable bonds is 4. The number of benzene rings is 4. The van der Waals surface area contributed by atoms with E-state index in [-0.39, 0.29) is 24.8 Å². The molecule has 6 rings (SSSR count). The molecule has 4 aromatic rings. The van der Waals surface area contributed by atoms with Crippen molar-refractivity contribution in [3.63, 3.8) is 0 Å². The van der Waals surface area contributed by atoms with Gasteiger partial charge in [0.15, 0.2) is 0 Å². The van der Waals surface area contributed by atoms with Gasteiger partial charge in [0.2, 0.25) is 0 Å². The Morgan fingerprint density at radius 3 is 1.53 bits per heavy atom. The van der Waals surface area contributed by atoms with Crippen molar-refractivity contribution < 1.29 is 46.1 Å². The van der Waals surface area contributed by atoms with Crippen molar-refractivity contribution in [2.75, 3.05) is 0 Å². The van der Waals surface area contributed by atoms with E-state index in [0.29, 0.717) is 9.54 Å². The maximum Gasteiger partial charge on any atom is -1.00 e. The third-order valence-electron chi connectivity index (χ3n) is 7.81. The zero-order valence-corrected chi connectivity index (χ0v) is 26.3. The molecule has 3 heteroatoms. The minimum absolute atomic E-state index is 0. The van der Waals surface area contributed by atoms with E-state index < -0.39 is 21.3 Å². The zero-order valence-electron chi connectivity index (χ0n) is 22.3. The Kier molecular flexibility index (Phi) is 8.94. The number of hydrogen-bond acceptors (Lipinski definition) is 0. The van der Waals surface area contributed by atoms with Crippen LogP contribution in [0.3, 0.4) is 0 Å². The van der Waals surface area contributed by atoms with E-state index in [1.165, 1.54) is 39.0 Å². The van der Waals surface area contributed by atoms with Crippen LogP contribution in [0.1, 0.15) is 50.9 Å². The van der Waals surface area contributed by atoms with Crippen molar-refractivity contribution in [2.24, 2.45) is 5.92 Å². The fraction of sp³-hybridized carbons (Fsp3) is 0.171. The molecule has 0 heterocycles. The van der Waals surface area contributed by atoms with Crippen molar-refractivity contribution in [1.29, 1.82) is 0 Å². The molecule has 2 aliphatic carbocycles. The molecule has 0 spiro atoms. The van der Waals surface area contributed by atoms with Gasteiger partial charge in [-0.2, -0.15) is 0 Å². The van der Waals surface area contributed by atoms with E-state index in [9.17, 15) is 0 Å². The molecule has 0 saturated heterocycles. The molecule has 38 heavy (non-hydrogen) atoms. The summed E-state index contributed by atoms with van der Waals surface area (Å²) in [4.78, 5) is 0. The predicted octanol–water partition coefficient (Wildman–Crippen LogP) is 2.75. The third kappa shape index (κ3) is 5.02. The fourth-order valence-electron chi connectivity index (χ4n) is 6.22. The molecular weight excluding hydrogens is 583 g/mol. The summed E-state index contributed by atoms with van der Waals surface area (Å²) >= 11 is -2.65. The van der Waals surface area contributed by atoms with Crippen molar-refractivity contribution in [3.05, 3.63) is 151 Å². The van der Waals surface area contributed by atoms with Crippen LogP contribution in [0.2, 0.25) is 0 Å². The van der Waals surface area contributed by atoms with Crippen LogP contribution in [0.25, 0.3) is 11.1 Å². The smallest absolute Gasteiger partial charge is 1.00 e. The van der Waals surface area contributed by atoms with Crippen LogP contribution in [0.5, 0.6) is 0 Å². The van der Waals surface area contributed by atoms with Crippen LogP contribution < -0.4 is 24.8 Å². The van der Waals surface area contributed by atoms with Crippen molar-refractivity contribution in [2.45, 2.75) is 31.3 Å². The molecule has 0 fully saturated rings. The number of hydrogen-bond donors (Lipinski definition) is 0. The summed E-state index contributed by atoms with van der Waals surface area (Å²) < 4.78 is 3.82. The van der Waals surface area contributed by atoms with Gasteiger partial charge in [0, 0.05) is 0 Å². The molecular formula is C35H32Cl2Zr. The van der Waals surface area contributed by atoms with E-state index >= 15 is 0 Å². The maximum absolute atomic E-state index is 2.65. The summed E-state index contributed by atoms with van der Waals surface area (Å²) in [6.07, 6.45) is 4.82. The second-order valence-corrected chi connectivity index (χ2v) is 16.4. The predicted molar refractivity (Wildman–Crippen MR) is 150 cm³/mol. The second-order valence-electron chi connectivity index (χ2n) is 10.4. The summed E-state index contributed by atoms with van der Waals surface area (Å²) in [5.41, 5.74) is 13.0. The Morgan fingerprint density at radius 1 is 0.632 bits per heavy atom. The molecule has 0 amide bonds. The van der Waals surface area contributed by atoms with Crippen molar-refractivity contribution in [3.8, 4) is 11.1 Å². The van der Waals surface area contributed by atoms with Gasteiger partial charge in [0.1, 0.15) is 0 Å².